The molecule has 3 heterocycles. The van der Waals surface area contributed by atoms with Crippen molar-refractivity contribution < 1.29 is 5.11 Å². The van der Waals surface area contributed by atoms with Gasteiger partial charge in [-0.3, -0.25) is 4.99 Å². The highest BCUT2D eigenvalue weighted by molar-refractivity contribution is 7.16. The lowest BCUT2D eigenvalue weighted by molar-refractivity contribution is 0.456. The lowest BCUT2D eigenvalue weighted by Crippen LogP contribution is -2.25. The zero-order valence-electron chi connectivity index (χ0n) is 11.7. The fourth-order valence-electron chi connectivity index (χ4n) is 3.00. The van der Waals surface area contributed by atoms with Crippen LogP contribution in [0.2, 0.25) is 0 Å². The van der Waals surface area contributed by atoms with E-state index in [0.29, 0.717) is 0 Å². The number of nitrogens with zero attached hydrogens (tertiary/aromatic N) is 3. The van der Waals surface area contributed by atoms with Crippen molar-refractivity contribution >= 4 is 22.5 Å². The molecule has 21 heavy (non-hydrogen) atoms. The van der Waals surface area contributed by atoms with E-state index in [2.05, 4.69) is 33.1 Å². The molecule has 108 valence electrons. The van der Waals surface area contributed by atoms with E-state index >= 15 is 0 Å². The van der Waals surface area contributed by atoms with Gasteiger partial charge < -0.3 is 10.0 Å². The van der Waals surface area contributed by atoms with E-state index in [-0.39, 0.29) is 5.88 Å². The zero-order chi connectivity index (χ0) is 14.2. The molecule has 1 N–H and O–H groups in total. The number of thiazole rings is 1. The number of para-hydroxylation sites is 1. The third kappa shape index (κ3) is 2.31. The minimum absolute atomic E-state index is 0.137. The molecule has 0 aliphatic carbocycles. The van der Waals surface area contributed by atoms with Crippen LogP contribution in [0.15, 0.2) is 23.2 Å². The number of hydrogen-bond donors (Lipinski definition) is 1. The van der Waals surface area contributed by atoms with Gasteiger partial charge in [-0.15, -0.1) is 0 Å². The third-order valence-electron chi connectivity index (χ3n) is 4.09. The van der Waals surface area contributed by atoms with Crippen LogP contribution in [0.5, 0.6) is 5.88 Å². The van der Waals surface area contributed by atoms with Gasteiger partial charge in [0.05, 0.1) is 10.2 Å². The SMILES string of the molecule is Oc1nc(N2CCCC2)sc1/C=c1\cccc2c1=NCC2. The second-order valence-electron chi connectivity index (χ2n) is 5.51. The molecule has 0 atom stereocenters. The Labute approximate surface area is 127 Å². The summed E-state index contributed by atoms with van der Waals surface area (Å²) in [5.41, 5.74) is 1.30. The lowest BCUT2D eigenvalue weighted by Gasteiger charge is -2.11. The number of benzene rings is 1. The maximum Gasteiger partial charge on any atom is 0.231 e. The smallest absolute Gasteiger partial charge is 0.231 e. The van der Waals surface area contributed by atoms with Crippen LogP contribution in [0.1, 0.15) is 23.3 Å². The van der Waals surface area contributed by atoms with Gasteiger partial charge in [0.1, 0.15) is 0 Å². The Morgan fingerprint density at radius 2 is 2.10 bits per heavy atom. The van der Waals surface area contributed by atoms with Gasteiger partial charge >= 0.3 is 0 Å². The van der Waals surface area contributed by atoms with Crippen molar-refractivity contribution in [3.05, 3.63) is 39.2 Å². The van der Waals surface area contributed by atoms with E-state index < -0.39 is 0 Å². The van der Waals surface area contributed by atoms with E-state index in [0.717, 1.165) is 46.6 Å². The molecule has 4 nitrogen and oxygen atoms in total. The Kier molecular flexibility index (Phi) is 3.15. The van der Waals surface area contributed by atoms with Gasteiger partial charge in [-0.2, -0.15) is 4.98 Å². The van der Waals surface area contributed by atoms with Crippen molar-refractivity contribution in [2.75, 3.05) is 24.5 Å². The molecular formula is C16H17N3OS. The molecule has 2 aromatic rings. The number of fused-ring (bicyclic) bond motifs is 1. The Morgan fingerprint density at radius 3 is 2.95 bits per heavy atom. The molecule has 0 saturated carbocycles. The molecule has 0 bridgehead atoms. The summed E-state index contributed by atoms with van der Waals surface area (Å²) in [5, 5.41) is 13.2. The van der Waals surface area contributed by atoms with Gasteiger partial charge in [0.15, 0.2) is 5.13 Å². The van der Waals surface area contributed by atoms with E-state index in [4.69, 9.17) is 0 Å². The van der Waals surface area contributed by atoms with Crippen molar-refractivity contribution in [2.24, 2.45) is 4.99 Å². The molecule has 1 aromatic carbocycles. The molecular weight excluding hydrogens is 282 g/mol. The van der Waals surface area contributed by atoms with Crippen molar-refractivity contribution in [1.82, 2.24) is 4.98 Å². The van der Waals surface area contributed by atoms with Gasteiger partial charge in [-0.1, -0.05) is 29.5 Å². The molecule has 2 aliphatic rings. The number of rotatable bonds is 2. The van der Waals surface area contributed by atoms with Crippen LogP contribution in [0.25, 0.3) is 6.08 Å². The molecule has 4 rings (SSSR count). The van der Waals surface area contributed by atoms with Gasteiger partial charge in [0.25, 0.3) is 0 Å². The highest BCUT2D eigenvalue weighted by Gasteiger charge is 2.18. The summed E-state index contributed by atoms with van der Waals surface area (Å²) in [6.45, 7) is 2.96. The van der Waals surface area contributed by atoms with Crippen LogP contribution in [0, 0.1) is 0 Å². The van der Waals surface area contributed by atoms with Crippen molar-refractivity contribution in [3.8, 4) is 5.88 Å². The van der Waals surface area contributed by atoms with Crippen LogP contribution in [-0.4, -0.2) is 29.7 Å². The molecule has 0 amide bonds. The first-order chi connectivity index (χ1) is 10.3. The van der Waals surface area contributed by atoms with Crippen LogP contribution in [0.3, 0.4) is 0 Å². The second kappa shape index (κ2) is 5.15. The van der Waals surface area contributed by atoms with E-state index in [9.17, 15) is 5.11 Å². The summed E-state index contributed by atoms with van der Waals surface area (Å²) in [4.78, 5) is 12.0. The van der Waals surface area contributed by atoms with Crippen molar-refractivity contribution in [2.45, 2.75) is 19.3 Å². The summed E-state index contributed by atoms with van der Waals surface area (Å²) in [6, 6.07) is 6.25. The Balaban J connectivity index is 1.78. The fraction of sp³-hybridized carbons (Fsp3) is 0.375. The maximum atomic E-state index is 10.1. The van der Waals surface area contributed by atoms with Crippen molar-refractivity contribution in [3.63, 3.8) is 0 Å². The average Bonchev–Trinajstić information content (AvgIpc) is 3.20. The quantitative estimate of drug-likeness (QED) is 0.913. The molecule has 0 unspecified atom stereocenters. The molecule has 1 aromatic heterocycles. The maximum absolute atomic E-state index is 10.1. The van der Waals surface area contributed by atoms with Crippen molar-refractivity contribution in [1.29, 1.82) is 0 Å². The largest absolute Gasteiger partial charge is 0.492 e. The van der Waals surface area contributed by atoms with Crippen LogP contribution >= 0.6 is 11.3 Å². The highest BCUT2D eigenvalue weighted by atomic mass is 32.1. The van der Waals surface area contributed by atoms with E-state index in [1.54, 1.807) is 11.3 Å². The number of hydrogen-bond acceptors (Lipinski definition) is 5. The first-order valence-electron chi connectivity index (χ1n) is 7.40. The molecule has 2 aliphatic heterocycles. The summed E-state index contributed by atoms with van der Waals surface area (Å²) in [6.07, 6.45) is 5.46. The van der Waals surface area contributed by atoms with Gasteiger partial charge in [-0.05, 0) is 30.9 Å². The predicted molar refractivity (Wildman–Crippen MR) is 84.6 cm³/mol. The van der Waals surface area contributed by atoms with Crippen LogP contribution in [-0.2, 0) is 6.42 Å². The number of anilines is 1. The standard InChI is InChI=1S/C16H17N3OS/c20-15-13(21-16(18-15)19-8-1-2-9-19)10-12-5-3-4-11-6-7-17-14(11)12/h3-5,10,20H,1-2,6-9H2/b12-10+. The third-order valence-corrected chi connectivity index (χ3v) is 5.14. The van der Waals surface area contributed by atoms with E-state index in [1.165, 1.54) is 18.4 Å². The lowest BCUT2D eigenvalue weighted by atomic mass is 10.1. The monoisotopic (exact) mass is 299 g/mol. The Bertz CT molecular complexity index is 790. The normalized spacial score (nSPS) is 18.1. The zero-order valence-corrected chi connectivity index (χ0v) is 12.6. The Morgan fingerprint density at radius 1 is 1.24 bits per heavy atom. The molecule has 0 spiro atoms. The van der Waals surface area contributed by atoms with Crippen LogP contribution in [0.4, 0.5) is 5.13 Å². The molecule has 0 radical (unpaired) electrons. The average molecular weight is 299 g/mol. The molecule has 1 saturated heterocycles. The summed E-state index contributed by atoms with van der Waals surface area (Å²) >= 11 is 1.56. The van der Waals surface area contributed by atoms with Gasteiger partial charge in [0.2, 0.25) is 5.88 Å². The highest BCUT2D eigenvalue weighted by Crippen LogP contribution is 2.32. The first kappa shape index (κ1) is 12.8. The van der Waals surface area contributed by atoms with Gasteiger partial charge in [-0.25, -0.2) is 0 Å². The summed E-state index contributed by atoms with van der Waals surface area (Å²) in [5.74, 6) is 0.137. The minimum atomic E-state index is 0.137. The first-order valence-corrected chi connectivity index (χ1v) is 8.22. The summed E-state index contributed by atoms with van der Waals surface area (Å²) in [7, 11) is 0. The fourth-order valence-corrected chi connectivity index (χ4v) is 3.97. The second-order valence-corrected chi connectivity index (χ2v) is 6.52. The molecule has 1 fully saturated rings. The number of aromatic nitrogens is 1. The van der Waals surface area contributed by atoms with Gasteiger partial charge in [0, 0.05) is 24.9 Å². The topological polar surface area (TPSA) is 48.7 Å². The number of aromatic hydroxyl groups is 1. The van der Waals surface area contributed by atoms with E-state index in [1.807, 2.05) is 6.08 Å². The minimum Gasteiger partial charge on any atom is -0.492 e. The molecule has 5 heteroatoms. The Hall–Kier alpha value is -1.88. The predicted octanol–water partition coefficient (Wildman–Crippen LogP) is 1.45. The van der Waals surface area contributed by atoms with Crippen LogP contribution < -0.4 is 15.5 Å². The summed E-state index contributed by atoms with van der Waals surface area (Å²) < 4.78 is 0.